The largest absolute Gasteiger partial charge is 0.485 e. The molecule has 0 spiro atoms. The zero-order valence-corrected chi connectivity index (χ0v) is 12.4. The summed E-state index contributed by atoms with van der Waals surface area (Å²) in [5, 5.41) is 3.56. The van der Waals surface area contributed by atoms with Crippen LogP contribution in [0.1, 0.15) is 11.1 Å². The molecule has 2 aromatic carbocycles. The zero-order valence-electron chi connectivity index (χ0n) is 10.8. The van der Waals surface area contributed by atoms with Gasteiger partial charge in [-0.2, -0.15) is 0 Å². The van der Waals surface area contributed by atoms with Crippen molar-refractivity contribution in [3.8, 4) is 5.75 Å². The number of halogens is 2. The molecule has 0 aliphatic rings. The molecule has 5 heteroatoms. The molecule has 0 saturated heterocycles. The van der Waals surface area contributed by atoms with E-state index in [1.54, 1.807) is 12.1 Å². The van der Waals surface area contributed by atoms with Crippen LogP contribution in [0.4, 0.5) is 4.39 Å². The number of hydrogen-bond donors (Lipinski definition) is 0. The number of rotatable bonds is 5. The van der Waals surface area contributed by atoms with Crippen LogP contribution in [0.2, 0.25) is 0 Å². The minimum Gasteiger partial charge on any atom is -0.485 e. The maximum atomic E-state index is 14.3. The molecule has 0 heterocycles. The van der Waals surface area contributed by atoms with E-state index >= 15 is 0 Å². The molecule has 0 saturated carbocycles. The Labute approximate surface area is 125 Å². The van der Waals surface area contributed by atoms with Crippen molar-refractivity contribution in [2.24, 2.45) is 5.16 Å². The van der Waals surface area contributed by atoms with Gasteiger partial charge < -0.3 is 9.57 Å². The van der Waals surface area contributed by atoms with E-state index in [2.05, 4.69) is 25.9 Å². The molecule has 0 atom stereocenters. The number of ether oxygens (including phenoxy) is 1. The molecule has 0 amide bonds. The maximum Gasteiger partial charge on any atom is 0.175 e. The van der Waals surface area contributed by atoms with E-state index in [1.165, 1.54) is 13.3 Å². The lowest BCUT2D eigenvalue weighted by Gasteiger charge is -2.10. The van der Waals surface area contributed by atoms with Gasteiger partial charge in [-0.25, -0.2) is 4.39 Å². The van der Waals surface area contributed by atoms with Crippen LogP contribution in [0.15, 0.2) is 52.1 Å². The van der Waals surface area contributed by atoms with Crippen molar-refractivity contribution < 1.29 is 14.0 Å². The van der Waals surface area contributed by atoms with Gasteiger partial charge in [0.15, 0.2) is 11.6 Å². The Kier molecular flexibility index (Phi) is 5.12. The summed E-state index contributed by atoms with van der Waals surface area (Å²) in [6.07, 6.45) is 1.30. The van der Waals surface area contributed by atoms with E-state index in [1.807, 2.05) is 30.3 Å². The molecule has 0 radical (unpaired) electrons. The first-order chi connectivity index (χ1) is 9.72. The van der Waals surface area contributed by atoms with Gasteiger partial charge in [0, 0.05) is 5.56 Å². The van der Waals surface area contributed by atoms with Crippen LogP contribution in [0.3, 0.4) is 0 Å². The molecule has 0 unspecified atom stereocenters. The number of hydrogen-bond acceptors (Lipinski definition) is 3. The highest BCUT2D eigenvalue weighted by Crippen LogP contribution is 2.30. The molecular weight excluding hydrogens is 325 g/mol. The summed E-state index contributed by atoms with van der Waals surface area (Å²) in [7, 11) is 1.40. The minimum absolute atomic E-state index is 0.161. The fourth-order valence-corrected chi connectivity index (χ4v) is 2.04. The van der Waals surface area contributed by atoms with Gasteiger partial charge in [0.05, 0.1) is 10.7 Å². The standard InChI is InChI=1S/C15H13BrFNO2/c1-19-18-9-12-7-8-13(16)15(14(12)17)20-10-11-5-3-2-4-6-11/h2-9H,10H2,1H3. The van der Waals surface area contributed by atoms with E-state index in [9.17, 15) is 4.39 Å². The summed E-state index contributed by atoms with van der Waals surface area (Å²) in [6, 6.07) is 12.9. The average molecular weight is 338 g/mol. The summed E-state index contributed by atoms with van der Waals surface area (Å²) in [6.45, 7) is 0.293. The molecule has 0 aliphatic heterocycles. The van der Waals surface area contributed by atoms with Crippen LogP contribution in [-0.4, -0.2) is 13.3 Å². The quantitative estimate of drug-likeness (QED) is 0.606. The van der Waals surface area contributed by atoms with E-state index in [0.717, 1.165) is 5.56 Å². The van der Waals surface area contributed by atoms with Crippen molar-refractivity contribution in [2.45, 2.75) is 6.61 Å². The third-order valence-corrected chi connectivity index (χ3v) is 3.23. The Morgan fingerprint density at radius 1 is 1.20 bits per heavy atom. The molecule has 0 fully saturated rings. The molecule has 0 aliphatic carbocycles. The van der Waals surface area contributed by atoms with Gasteiger partial charge in [-0.3, -0.25) is 0 Å². The van der Waals surface area contributed by atoms with Crippen LogP contribution >= 0.6 is 15.9 Å². The van der Waals surface area contributed by atoms with E-state index in [4.69, 9.17) is 4.74 Å². The topological polar surface area (TPSA) is 30.8 Å². The molecule has 104 valence electrons. The number of oxime groups is 1. The lowest BCUT2D eigenvalue weighted by molar-refractivity contribution is 0.215. The van der Waals surface area contributed by atoms with Gasteiger partial charge in [-0.15, -0.1) is 0 Å². The predicted molar refractivity (Wildman–Crippen MR) is 79.5 cm³/mol. The van der Waals surface area contributed by atoms with Crippen molar-refractivity contribution in [3.63, 3.8) is 0 Å². The first-order valence-corrected chi connectivity index (χ1v) is 6.73. The number of nitrogens with zero attached hydrogens (tertiary/aromatic N) is 1. The fourth-order valence-electron chi connectivity index (χ4n) is 1.62. The predicted octanol–water partition coefficient (Wildman–Crippen LogP) is 4.15. The Morgan fingerprint density at radius 2 is 1.95 bits per heavy atom. The van der Waals surface area contributed by atoms with Crippen LogP contribution in [-0.2, 0) is 11.4 Å². The Bertz CT molecular complexity index is 602. The van der Waals surface area contributed by atoms with E-state index in [-0.39, 0.29) is 5.75 Å². The molecule has 0 aromatic heterocycles. The van der Waals surface area contributed by atoms with Crippen molar-refractivity contribution in [2.75, 3.05) is 7.11 Å². The summed E-state index contributed by atoms with van der Waals surface area (Å²) < 4.78 is 20.4. The molecule has 0 bridgehead atoms. The van der Waals surface area contributed by atoms with Gasteiger partial charge in [0.2, 0.25) is 0 Å². The first-order valence-electron chi connectivity index (χ1n) is 5.93. The van der Waals surface area contributed by atoms with Crippen molar-refractivity contribution in [1.82, 2.24) is 0 Å². The summed E-state index contributed by atoms with van der Waals surface area (Å²) in [5.74, 6) is -0.315. The second kappa shape index (κ2) is 7.05. The van der Waals surface area contributed by atoms with Gasteiger partial charge in [-0.1, -0.05) is 35.5 Å². The Morgan fingerprint density at radius 3 is 2.65 bits per heavy atom. The van der Waals surface area contributed by atoms with Crippen LogP contribution in [0.25, 0.3) is 0 Å². The highest BCUT2D eigenvalue weighted by Gasteiger charge is 2.12. The summed E-state index contributed by atoms with van der Waals surface area (Å²) in [4.78, 5) is 4.55. The normalized spacial score (nSPS) is 10.8. The number of benzene rings is 2. The summed E-state index contributed by atoms with van der Waals surface area (Å²) >= 11 is 3.28. The van der Waals surface area contributed by atoms with Crippen molar-refractivity contribution in [1.29, 1.82) is 0 Å². The Hall–Kier alpha value is -1.88. The van der Waals surface area contributed by atoms with E-state index in [0.29, 0.717) is 16.6 Å². The lowest BCUT2D eigenvalue weighted by atomic mass is 10.2. The third kappa shape index (κ3) is 3.57. The second-order valence-corrected chi connectivity index (χ2v) is 4.83. The smallest absolute Gasteiger partial charge is 0.175 e. The van der Waals surface area contributed by atoms with Gasteiger partial charge in [0.1, 0.15) is 13.7 Å². The van der Waals surface area contributed by atoms with Crippen molar-refractivity contribution in [3.05, 3.63) is 63.9 Å². The van der Waals surface area contributed by atoms with E-state index < -0.39 is 5.82 Å². The molecular formula is C15H13BrFNO2. The highest BCUT2D eigenvalue weighted by atomic mass is 79.9. The van der Waals surface area contributed by atoms with Crippen LogP contribution in [0, 0.1) is 5.82 Å². The van der Waals surface area contributed by atoms with Gasteiger partial charge >= 0.3 is 0 Å². The second-order valence-electron chi connectivity index (χ2n) is 3.97. The lowest BCUT2D eigenvalue weighted by Crippen LogP contribution is -2.00. The zero-order chi connectivity index (χ0) is 14.4. The molecule has 20 heavy (non-hydrogen) atoms. The molecule has 2 rings (SSSR count). The van der Waals surface area contributed by atoms with Crippen LogP contribution in [0.5, 0.6) is 5.75 Å². The summed E-state index contributed by atoms with van der Waals surface area (Å²) in [5.41, 5.74) is 1.27. The van der Waals surface area contributed by atoms with Crippen LogP contribution < -0.4 is 4.74 Å². The van der Waals surface area contributed by atoms with Crippen molar-refractivity contribution >= 4 is 22.1 Å². The molecule has 0 N–H and O–H groups in total. The van der Waals surface area contributed by atoms with Gasteiger partial charge in [-0.05, 0) is 33.6 Å². The first kappa shape index (κ1) is 14.5. The third-order valence-electron chi connectivity index (χ3n) is 2.60. The fraction of sp³-hybridized carbons (Fsp3) is 0.133. The molecule has 2 aromatic rings. The maximum absolute atomic E-state index is 14.3. The monoisotopic (exact) mass is 337 g/mol. The highest BCUT2D eigenvalue weighted by molar-refractivity contribution is 9.10. The SMILES string of the molecule is CON=Cc1ccc(Br)c(OCc2ccccc2)c1F. The average Bonchev–Trinajstić information content (AvgIpc) is 2.47. The minimum atomic E-state index is -0.476. The Balaban J connectivity index is 2.20. The van der Waals surface area contributed by atoms with Gasteiger partial charge in [0.25, 0.3) is 0 Å². The molecule has 3 nitrogen and oxygen atoms in total.